The van der Waals surface area contributed by atoms with Crippen molar-refractivity contribution in [2.75, 3.05) is 11.6 Å². The fourth-order valence-electron chi connectivity index (χ4n) is 3.62. The number of hydrogen-bond acceptors (Lipinski definition) is 5. The van der Waals surface area contributed by atoms with Gasteiger partial charge in [0.15, 0.2) is 11.2 Å². The summed E-state index contributed by atoms with van der Waals surface area (Å²) in [5.74, 6) is 0.150. The van der Waals surface area contributed by atoms with Crippen molar-refractivity contribution in [1.29, 1.82) is 0 Å². The van der Waals surface area contributed by atoms with E-state index in [4.69, 9.17) is 0 Å². The summed E-state index contributed by atoms with van der Waals surface area (Å²) in [5, 5.41) is 6.33. The van der Waals surface area contributed by atoms with Crippen LogP contribution in [0.5, 0.6) is 0 Å². The van der Waals surface area contributed by atoms with E-state index in [9.17, 15) is 14.0 Å². The number of hydrogen-bond donors (Lipinski definition) is 0. The maximum Gasteiger partial charge on any atom is 0.332 e. The molecule has 3 heterocycles. The zero-order valence-electron chi connectivity index (χ0n) is 17.3. The Morgan fingerprint density at radius 2 is 1.90 bits per heavy atom. The van der Waals surface area contributed by atoms with Gasteiger partial charge in [0, 0.05) is 7.05 Å². The van der Waals surface area contributed by atoms with Crippen LogP contribution in [0.2, 0.25) is 0 Å². The number of rotatable bonds is 4. The molecule has 1 aliphatic rings. The zero-order valence-corrected chi connectivity index (χ0v) is 17.3. The average molecular weight is 410 g/mol. The minimum Gasteiger partial charge on any atom is -0.294 e. The number of imidazole rings is 1. The molecule has 0 bridgehead atoms. The van der Waals surface area contributed by atoms with Gasteiger partial charge in [-0.1, -0.05) is 24.3 Å². The third-order valence-corrected chi connectivity index (χ3v) is 5.43. The van der Waals surface area contributed by atoms with Gasteiger partial charge >= 0.3 is 5.69 Å². The van der Waals surface area contributed by atoms with Gasteiger partial charge in [-0.2, -0.15) is 10.1 Å². The van der Waals surface area contributed by atoms with Crippen LogP contribution < -0.4 is 16.3 Å². The van der Waals surface area contributed by atoms with Crippen molar-refractivity contribution >= 4 is 22.8 Å². The van der Waals surface area contributed by atoms with E-state index in [0.717, 1.165) is 10.3 Å². The summed E-state index contributed by atoms with van der Waals surface area (Å²) >= 11 is 0. The molecule has 0 saturated carbocycles. The second-order valence-electron chi connectivity index (χ2n) is 7.38. The molecule has 1 aliphatic heterocycles. The summed E-state index contributed by atoms with van der Waals surface area (Å²) < 4.78 is 17.6. The highest BCUT2D eigenvalue weighted by molar-refractivity contribution is 5.91. The molecule has 1 aromatic carbocycles. The first kappa shape index (κ1) is 19.8. The molecule has 0 spiro atoms. The molecule has 2 aromatic heterocycles. The standard InChI is InChI=1S/C21H23FN6O2/c1-5-6-11-27-20-23-18-17(28(20)14(3)13(2)24-27)19(29)26(21(30)25(18)4)12-15-7-9-16(22)10-8-15/h5-10,14H,11-12H2,1-4H3. The smallest absolute Gasteiger partial charge is 0.294 e. The monoisotopic (exact) mass is 410 g/mol. The summed E-state index contributed by atoms with van der Waals surface area (Å²) in [7, 11) is 1.60. The normalized spacial score (nSPS) is 16.4. The van der Waals surface area contributed by atoms with Crippen molar-refractivity contribution in [2.24, 2.45) is 12.1 Å². The second-order valence-corrected chi connectivity index (χ2v) is 7.38. The third-order valence-electron chi connectivity index (χ3n) is 5.43. The lowest BCUT2D eigenvalue weighted by Gasteiger charge is -2.28. The number of aromatic nitrogens is 4. The van der Waals surface area contributed by atoms with Crippen LogP contribution in [0.15, 0.2) is 51.1 Å². The molecule has 0 radical (unpaired) electrons. The highest BCUT2D eigenvalue weighted by Gasteiger charge is 2.30. The van der Waals surface area contributed by atoms with Crippen LogP contribution in [0.1, 0.15) is 32.4 Å². The number of hydrazone groups is 1. The van der Waals surface area contributed by atoms with E-state index in [2.05, 4.69) is 10.1 Å². The quantitative estimate of drug-likeness (QED) is 0.619. The average Bonchev–Trinajstić information content (AvgIpc) is 3.14. The topological polar surface area (TPSA) is 77.4 Å². The number of anilines is 1. The number of nitrogens with zero attached hydrogens (tertiary/aromatic N) is 6. The van der Waals surface area contributed by atoms with Crippen molar-refractivity contribution in [3.05, 3.63) is 68.6 Å². The molecular formula is C21H23FN6O2. The molecular weight excluding hydrogens is 387 g/mol. The highest BCUT2D eigenvalue weighted by Crippen LogP contribution is 2.29. The van der Waals surface area contributed by atoms with E-state index in [1.54, 1.807) is 24.2 Å². The van der Waals surface area contributed by atoms with E-state index in [1.807, 2.05) is 37.5 Å². The Balaban J connectivity index is 1.95. The molecule has 156 valence electrons. The molecule has 0 amide bonds. The van der Waals surface area contributed by atoms with Crippen LogP contribution in [0, 0.1) is 5.82 Å². The first-order chi connectivity index (χ1) is 14.3. The Bertz CT molecular complexity index is 1300. The van der Waals surface area contributed by atoms with Crippen LogP contribution in [0.3, 0.4) is 0 Å². The molecule has 0 saturated heterocycles. The van der Waals surface area contributed by atoms with Gasteiger partial charge in [-0.25, -0.2) is 14.2 Å². The summed E-state index contributed by atoms with van der Waals surface area (Å²) in [6.07, 6.45) is 3.86. The van der Waals surface area contributed by atoms with Gasteiger partial charge in [0.25, 0.3) is 5.56 Å². The first-order valence-corrected chi connectivity index (χ1v) is 9.73. The SMILES string of the molecule is CC=CCN1N=C(C)C(C)n2c1nc1c2c(=O)n(Cc2ccc(F)cc2)c(=O)n1C. The number of halogens is 1. The second kappa shape index (κ2) is 7.40. The van der Waals surface area contributed by atoms with Crippen LogP contribution in [0.4, 0.5) is 10.3 Å². The lowest BCUT2D eigenvalue weighted by atomic mass is 10.2. The van der Waals surface area contributed by atoms with Gasteiger partial charge in [-0.3, -0.25) is 18.5 Å². The number of fused-ring (bicyclic) bond motifs is 3. The molecule has 0 fully saturated rings. The predicted octanol–water partition coefficient (Wildman–Crippen LogP) is 2.42. The summed E-state index contributed by atoms with van der Waals surface area (Å²) in [6.45, 7) is 6.32. The molecule has 3 aromatic rings. The molecule has 9 heteroatoms. The number of benzene rings is 1. The largest absolute Gasteiger partial charge is 0.332 e. The zero-order chi connectivity index (χ0) is 21.6. The van der Waals surface area contributed by atoms with Crippen LogP contribution in [-0.2, 0) is 13.6 Å². The van der Waals surface area contributed by atoms with Crippen LogP contribution in [0.25, 0.3) is 11.2 Å². The predicted molar refractivity (Wildman–Crippen MR) is 115 cm³/mol. The Hall–Kier alpha value is -3.49. The first-order valence-electron chi connectivity index (χ1n) is 9.73. The maximum absolute atomic E-state index is 13.4. The molecule has 8 nitrogen and oxygen atoms in total. The van der Waals surface area contributed by atoms with Crippen molar-refractivity contribution < 1.29 is 4.39 Å². The van der Waals surface area contributed by atoms with Crippen molar-refractivity contribution in [3.63, 3.8) is 0 Å². The molecule has 30 heavy (non-hydrogen) atoms. The van der Waals surface area contributed by atoms with Gasteiger partial charge in [0.1, 0.15) is 5.82 Å². The van der Waals surface area contributed by atoms with Crippen LogP contribution >= 0.6 is 0 Å². The van der Waals surface area contributed by atoms with Crippen LogP contribution in [-0.4, -0.2) is 30.9 Å². The molecule has 1 atom stereocenters. The van der Waals surface area contributed by atoms with E-state index >= 15 is 0 Å². The van der Waals surface area contributed by atoms with E-state index < -0.39 is 11.2 Å². The highest BCUT2D eigenvalue weighted by atomic mass is 19.1. The van der Waals surface area contributed by atoms with Gasteiger partial charge in [0.2, 0.25) is 5.95 Å². The Labute approximate surface area is 172 Å². The van der Waals surface area contributed by atoms with Gasteiger partial charge in [0.05, 0.1) is 24.8 Å². The van der Waals surface area contributed by atoms with E-state index in [1.165, 1.54) is 16.7 Å². The lowest BCUT2D eigenvalue weighted by Crippen LogP contribution is -2.40. The molecule has 1 unspecified atom stereocenters. The lowest BCUT2D eigenvalue weighted by molar-refractivity contribution is 0.621. The van der Waals surface area contributed by atoms with E-state index in [-0.39, 0.29) is 18.4 Å². The minimum absolute atomic E-state index is 0.0476. The third kappa shape index (κ3) is 3.06. The minimum atomic E-state index is -0.474. The van der Waals surface area contributed by atoms with Crippen molar-refractivity contribution in [2.45, 2.75) is 33.4 Å². The van der Waals surface area contributed by atoms with Gasteiger partial charge in [-0.15, -0.1) is 0 Å². The molecule has 4 rings (SSSR count). The number of aryl methyl sites for hydroxylation is 1. The summed E-state index contributed by atoms with van der Waals surface area (Å²) in [4.78, 5) is 31.0. The molecule has 0 N–H and O–H groups in total. The Kier molecular flexibility index (Phi) is 4.89. The van der Waals surface area contributed by atoms with E-state index in [0.29, 0.717) is 29.2 Å². The number of allylic oxidation sites excluding steroid dienone is 1. The van der Waals surface area contributed by atoms with Gasteiger partial charge in [-0.05, 0) is 38.5 Å². The fraction of sp³-hybridized carbons (Fsp3) is 0.333. The Morgan fingerprint density at radius 3 is 2.57 bits per heavy atom. The summed E-state index contributed by atoms with van der Waals surface area (Å²) in [6, 6.07) is 5.57. The van der Waals surface area contributed by atoms with Crippen molar-refractivity contribution in [1.82, 2.24) is 18.7 Å². The Morgan fingerprint density at radius 1 is 1.20 bits per heavy atom. The fourth-order valence-corrected chi connectivity index (χ4v) is 3.62. The molecule has 0 aliphatic carbocycles. The van der Waals surface area contributed by atoms with Gasteiger partial charge < -0.3 is 0 Å². The summed E-state index contributed by atoms with van der Waals surface area (Å²) in [5.41, 5.74) is 1.26. The maximum atomic E-state index is 13.4. The van der Waals surface area contributed by atoms with Crippen molar-refractivity contribution in [3.8, 4) is 0 Å².